The summed E-state index contributed by atoms with van der Waals surface area (Å²) in [6.45, 7) is 1.51. The van der Waals surface area contributed by atoms with Gasteiger partial charge >= 0.3 is 0 Å². The third-order valence-electron chi connectivity index (χ3n) is 7.41. The molecule has 0 radical (unpaired) electrons. The van der Waals surface area contributed by atoms with E-state index in [-0.39, 0.29) is 17.6 Å². The van der Waals surface area contributed by atoms with Gasteiger partial charge in [-0.15, -0.1) is 0 Å². The van der Waals surface area contributed by atoms with Crippen LogP contribution in [0, 0.1) is 11.7 Å². The van der Waals surface area contributed by atoms with Gasteiger partial charge in [-0.05, 0) is 68.9 Å². The normalized spacial score (nSPS) is 13.2. The monoisotopic (exact) mass is 576 g/mol. The number of carbonyl (C=O) groups is 1. The highest BCUT2D eigenvalue weighted by Gasteiger charge is 2.29. The van der Waals surface area contributed by atoms with Gasteiger partial charge in [0.1, 0.15) is 17.0 Å². The Bertz CT molecular complexity index is 1980. The molecule has 0 unspecified atom stereocenters. The quantitative estimate of drug-likeness (QED) is 0.187. The van der Waals surface area contributed by atoms with Gasteiger partial charge in [-0.25, -0.2) is 19.3 Å². The van der Waals surface area contributed by atoms with E-state index in [4.69, 9.17) is 4.98 Å². The standard InChI is InChI=1S/C31H29FN10O/c1-42(2)8-7-34-22-10-18(9-21(32)13-22)24-5-6-35-29-26(24)38-30(39-29)27-25-12-20(15-36-28(25)41-40-27)19-11-23(16-33-14-19)37-31(43)17-3-4-17/h5-6,9-17,34H,3-4,7-8H2,1-2H3,(H,37,43)(H,35,38,39)(H,36,40,41). The summed E-state index contributed by atoms with van der Waals surface area (Å²) in [6, 6.07) is 10.6. The second-order valence-electron chi connectivity index (χ2n) is 11.0. The van der Waals surface area contributed by atoms with Crippen LogP contribution in [-0.2, 0) is 4.79 Å². The Morgan fingerprint density at radius 1 is 1.00 bits per heavy atom. The Kier molecular flexibility index (Phi) is 6.74. The van der Waals surface area contributed by atoms with Crippen LogP contribution in [0.15, 0.2) is 61.2 Å². The molecule has 0 aliphatic heterocycles. The molecule has 1 amide bonds. The van der Waals surface area contributed by atoms with Crippen molar-refractivity contribution in [2.75, 3.05) is 37.8 Å². The highest BCUT2D eigenvalue weighted by atomic mass is 19.1. The molecule has 216 valence electrons. The highest BCUT2D eigenvalue weighted by molar-refractivity contribution is 5.97. The maximum absolute atomic E-state index is 14.7. The van der Waals surface area contributed by atoms with Crippen LogP contribution in [0.25, 0.3) is 56.0 Å². The summed E-state index contributed by atoms with van der Waals surface area (Å²) < 4.78 is 14.7. The first-order valence-corrected chi connectivity index (χ1v) is 14.1. The van der Waals surface area contributed by atoms with Gasteiger partial charge in [0, 0.05) is 60.0 Å². The summed E-state index contributed by atoms with van der Waals surface area (Å²) >= 11 is 0. The minimum absolute atomic E-state index is 0.0255. The molecular formula is C31H29FN10O. The summed E-state index contributed by atoms with van der Waals surface area (Å²) in [5.74, 6) is 0.289. The fraction of sp³-hybridized carbons (Fsp3) is 0.226. The highest BCUT2D eigenvalue weighted by Crippen LogP contribution is 2.34. The van der Waals surface area contributed by atoms with Crippen molar-refractivity contribution in [1.29, 1.82) is 0 Å². The van der Waals surface area contributed by atoms with Gasteiger partial charge in [-0.2, -0.15) is 5.10 Å². The van der Waals surface area contributed by atoms with Gasteiger partial charge in [-0.1, -0.05) is 0 Å². The SMILES string of the molecule is CN(C)CCNc1cc(F)cc(-c2ccnc3[nH]c(-c4n[nH]c5ncc(-c6cncc(NC(=O)C7CC7)c6)cc45)nc23)c1. The molecule has 0 atom stereocenters. The van der Waals surface area contributed by atoms with E-state index in [9.17, 15) is 9.18 Å². The smallest absolute Gasteiger partial charge is 0.227 e. The molecule has 1 aromatic carbocycles. The van der Waals surface area contributed by atoms with E-state index in [0.717, 1.165) is 41.5 Å². The number of amides is 1. The second kappa shape index (κ2) is 10.9. The lowest BCUT2D eigenvalue weighted by Gasteiger charge is -2.12. The van der Waals surface area contributed by atoms with E-state index >= 15 is 0 Å². The van der Waals surface area contributed by atoms with E-state index in [0.29, 0.717) is 51.8 Å². The van der Waals surface area contributed by atoms with Gasteiger partial charge in [-0.3, -0.25) is 14.9 Å². The van der Waals surface area contributed by atoms with Crippen LogP contribution in [-0.4, -0.2) is 73.1 Å². The first kappa shape index (κ1) is 26.7. The molecule has 12 heteroatoms. The molecule has 1 saturated carbocycles. The molecule has 11 nitrogen and oxygen atoms in total. The number of likely N-dealkylation sites (N-methyl/N-ethyl adjacent to an activating group) is 1. The predicted molar refractivity (Wildman–Crippen MR) is 164 cm³/mol. The Morgan fingerprint density at radius 3 is 2.67 bits per heavy atom. The molecule has 5 aromatic heterocycles. The second-order valence-corrected chi connectivity index (χ2v) is 11.0. The van der Waals surface area contributed by atoms with Crippen molar-refractivity contribution in [3.8, 4) is 33.8 Å². The molecule has 1 fully saturated rings. The van der Waals surface area contributed by atoms with Crippen molar-refractivity contribution in [2.24, 2.45) is 5.92 Å². The van der Waals surface area contributed by atoms with Gasteiger partial charge < -0.3 is 20.5 Å². The average Bonchev–Trinajstić information content (AvgIpc) is 3.62. The molecule has 0 bridgehead atoms. The van der Waals surface area contributed by atoms with Gasteiger partial charge in [0.25, 0.3) is 0 Å². The number of aromatic nitrogens is 7. The molecule has 1 aliphatic carbocycles. The fourth-order valence-electron chi connectivity index (χ4n) is 5.02. The van der Waals surface area contributed by atoms with Crippen molar-refractivity contribution in [1.82, 2.24) is 40.0 Å². The van der Waals surface area contributed by atoms with E-state index in [1.54, 1.807) is 24.8 Å². The van der Waals surface area contributed by atoms with Crippen molar-refractivity contribution in [3.05, 3.63) is 67.0 Å². The van der Waals surface area contributed by atoms with Crippen LogP contribution in [0.2, 0.25) is 0 Å². The van der Waals surface area contributed by atoms with E-state index < -0.39 is 0 Å². The number of rotatable bonds is 9. The number of H-pyrrole nitrogens is 2. The number of fused-ring (bicyclic) bond motifs is 2. The predicted octanol–water partition coefficient (Wildman–Crippen LogP) is 5.09. The number of anilines is 2. The number of hydrogen-bond acceptors (Lipinski definition) is 8. The van der Waals surface area contributed by atoms with Crippen LogP contribution < -0.4 is 10.6 Å². The molecule has 0 saturated heterocycles. The number of aromatic amines is 2. The molecule has 7 rings (SSSR count). The lowest BCUT2D eigenvalue weighted by molar-refractivity contribution is -0.117. The number of halogens is 1. The minimum atomic E-state index is -0.340. The Labute approximate surface area is 246 Å². The lowest BCUT2D eigenvalue weighted by Crippen LogP contribution is -2.20. The van der Waals surface area contributed by atoms with Crippen molar-refractivity contribution in [3.63, 3.8) is 0 Å². The zero-order chi connectivity index (χ0) is 29.5. The first-order valence-electron chi connectivity index (χ1n) is 14.1. The first-order chi connectivity index (χ1) is 20.9. The average molecular weight is 577 g/mol. The minimum Gasteiger partial charge on any atom is -0.384 e. The van der Waals surface area contributed by atoms with Crippen molar-refractivity contribution in [2.45, 2.75) is 12.8 Å². The number of pyridine rings is 3. The number of imidazole rings is 1. The molecular weight excluding hydrogens is 547 g/mol. The number of hydrogen-bond donors (Lipinski definition) is 4. The molecule has 43 heavy (non-hydrogen) atoms. The number of nitrogens with zero attached hydrogens (tertiary/aromatic N) is 6. The maximum atomic E-state index is 14.7. The zero-order valence-electron chi connectivity index (χ0n) is 23.6. The summed E-state index contributed by atoms with van der Waals surface area (Å²) in [4.78, 5) is 35.8. The van der Waals surface area contributed by atoms with Crippen molar-refractivity contribution < 1.29 is 9.18 Å². The number of carbonyl (C=O) groups excluding carboxylic acids is 1. The summed E-state index contributed by atoms with van der Waals surface area (Å²) in [6.07, 6.45) is 8.64. The molecule has 0 spiro atoms. The van der Waals surface area contributed by atoms with E-state index in [2.05, 4.69) is 45.7 Å². The molecule has 1 aliphatic rings. The summed E-state index contributed by atoms with van der Waals surface area (Å²) in [5.41, 5.74) is 6.73. The van der Waals surface area contributed by atoms with Crippen LogP contribution in [0.3, 0.4) is 0 Å². The Hall–Kier alpha value is -5.23. The topological polar surface area (TPSA) is 140 Å². The van der Waals surface area contributed by atoms with Gasteiger partial charge in [0.2, 0.25) is 5.91 Å². The zero-order valence-corrected chi connectivity index (χ0v) is 23.6. The van der Waals surface area contributed by atoms with Crippen molar-refractivity contribution >= 4 is 39.5 Å². The molecule has 4 N–H and O–H groups in total. The fourth-order valence-corrected chi connectivity index (χ4v) is 5.02. The largest absolute Gasteiger partial charge is 0.384 e. The maximum Gasteiger partial charge on any atom is 0.227 e. The van der Waals surface area contributed by atoms with Gasteiger partial charge in [0.05, 0.1) is 17.3 Å². The summed E-state index contributed by atoms with van der Waals surface area (Å²) in [7, 11) is 3.99. The molecule has 6 aromatic rings. The Morgan fingerprint density at radius 2 is 1.84 bits per heavy atom. The molecule has 5 heterocycles. The summed E-state index contributed by atoms with van der Waals surface area (Å²) in [5, 5.41) is 14.5. The van der Waals surface area contributed by atoms with Crippen LogP contribution in [0.5, 0.6) is 0 Å². The van der Waals surface area contributed by atoms with Crippen LogP contribution in [0.4, 0.5) is 15.8 Å². The number of benzene rings is 1. The van der Waals surface area contributed by atoms with Gasteiger partial charge in [0.15, 0.2) is 17.1 Å². The van der Waals surface area contributed by atoms with E-state index in [1.807, 2.05) is 38.4 Å². The third kappa shape index (κ3) is 5.52. The third-order valence-corrected chi connectivity index (χ3v) is 7.41. The van der Waals surface area contributed by atoms with E-state index in [1.165, 1.54) is 12.1 Å². The lowest BCUT2D eigenvalue weighted by atomic mass is 10.0. The number of nitrogens with one attached hydrogen (secondary N) is 4. The Balaban J connectivity index is 1.23. The van der Waals surface area contributed by atoms with Crippen LogP contribution >= 0.6 is 0 Å². The van der Waals surface area contributed by atoms with Crippen LogP contribution in [0.1, 0.15) is 12.8 Å².